The number of ether oxygens (including phenoxy) is 2. The Balaban J connectivity index is 2.52. The molecule has 1 rings (SSSR count). The molecule has 1 N–H and O–H groups in total. The average Bonchev–Trinajstić information content (AvgIpc) is 2.57. The van der Waals surface area contributed by atoms with Gasteiger partial charge in [-0.25, -0.2) is 14.6 Å². The summed E-state index contributed by atoms with van der Waals surface area (Å²) in [5.74, 6) is 0.539. The minimum absolute atomic E-state index is 0.0822. The van der Waals surface area contributed by atoms with Crippen LogP contribution in [-0.4, -0.2) is 56.6 Å². The molecule has 1 heterocycles. The lowest BCUT2D eigenvalue weighted by atomic mass is 10.1. The van der Waals surface area contributed by atoms with E-state index in [1.54, 1.807) is 41.5 Å². The molecule has 162 valence electrons. The number of carbonyl (C=O) groups is 3. The maximum atomic E-state index is 12.4. The average molecular weight is 426 g/mol. The van der Waals surface area contributed by atoms with E-state index in [0.717, 1.165) is 0 Å². The number of esters is 1. The standard InChI is InChI=1S/C20H31N3O5S/c1-19(2,3)27-17(25)14(23-18(26)28-20(4,5)6)7-11-29-12-8-16(24)15-13-21-9-10-22-15/h9-10,13-14H,7-8,11-12H2,1-6H3,(H,23,26). The van der Waals surface area contributed by atoms with Gasteiger partial charge in [0.2, 0.25) is 0 Å². The number of rotatable bonds is 9. The fourth-order valence-electron chi connectivity index (χ4n) is 2.11. The first-order valence-corrected chi connectivity index (χ1v) is 10.6. The third kappa shape index (κ3) is 11.4. The van der Waals surface area contributed by atoms with Crippen LogP contribution in [0.2, 0.25) is 0 Å². The van der Waals surface area contributed by atoms with E-state index < -0.39 is 29.3 Å². The van der Waals surface area contributed by atoms with Gasteiger partial charge in [0.05, 0.1) is 6.20 Å². The summed E-state index contributed by atoms with van der Waals surface area (Å²) in [6.07, 6.45) is 4.44. The van der Waals surface area contributed by atoms with Crippen molar-refractivity contribution in [2.75, 3.05) is 11.5 Å². The number of thioether (sulfide) groups is 1. The van der Waals surface area contributed by atoms with Crippen molar-refractivity contribution in [1.82, 2.24) is 15.3 Å². The molecule has 0 radical (unpaired) electrons. The summed E-state index contributed by atoms with van der Waals surface area (Å²) in [6, 6.07) is -0.827. The molecule has 0 spiro atoms. The first-order valence-electron chi connectivity index (χ1n) is 9.47. The third-order valence-electron chi connectivity index (χ3n) is 3.26. The van der Waals surface area contributed by atoms with Gasteiger partial charge in [-0.2, -0.15) is 11.8 Å². The van der Waals surface area contributed by atoms with Gasteiger partial charge in [-0.05, 0) is 53.7 Å². The van der Waals surface area contributed by atoms with Crippen LogP contribution in [0.25, 0.3) is 0 Å². The zero-order valence-electron chi connectivity index (χ0n) is 18.0. The van der Waals surface area contributed by atoms with Gasteiger partial charge in [-0.3, -0.25) is 9.78 Å². The highest BCUT2D eigenvalue weighted by atomic mass is 32.2. The highest BCUT2D eigenvalue weighted by Gasteiger charge is 2.28. The van der Waals surface area contributed by atoms with E-state index in [1.807, 2.05) is 0 Å². The SMILES string of the molecule is CC(C)(C)OC(=O)NC(CCSCCC(=O)c1cnccn1)C(=O)OC(C)(C)C. The van der Waals surface area contributed by atoms with E-state index in [1.165, 1.54) is 30.4 Å². The monoisotopic (exact) mass is 425 g/mol. The fraction of sp³-hybridized carbons (Fsp3) is 0.650. The lowest BCUT2D eigenvalue weighted by Gasteiger charge is -2.26. The topological polar surface area (TPSA) is 107 Å². The second kappa shape index (κ2) is 11.1. The van der Waals surface area contributed by atoms with Crippen LogP contribution in [0.3, 0.4) is 0 Å². The molecule has 9 heteroatoms. The van der Waals surface area contributed by atoms with E-state index in [9.17, 15) is 14.4 Å². The van der Waals surface area contributed by atoms with Crippen LogP contribution in [0, 0.1) is 0 Å². The highest BCUT2D eigenvalue weighted by molar-refractivity contribution is 7.99. The molecule has 0 saturated carbocycles. The number of amides is 1. The van der Waals surface area contributed by atoms with Gasteiger partial charge in [0.1, 0.15) is 22.9 Å². The van der Waals surface area contributed by atoms with Gasteiger partial charge >= 0.3 is 12.1 Å². The van der Waals surface area contributed by atoms with E-state index in [-0.39, 0.29) is 5.78 Å². The van der Waals surface area contributed by atoms with Crippen LogP contribution in [0.5, 0.6) is 0 Å². The van der Waals surface area contributed by atoms with Gasteiger partial charge in [0, 0.05) is 24.6 Å². The number of hydrogen-bond donors (Lipinski definition) is 1. The lowest BCUT2D eigenvalue weighted by Crippen LogP contribution is -2.46. The van der Waals surface area contributed by atoms with E-state index in [0.29, 0.717) is 30.0 Å². The summed E-state index contributed by atoms with van der Waals surface area (Å²) in [7, 11) is 0. The number of nitrogens with one attached hydrogen (secondary N) is 1. The zero-order valence-corrected chi connectivity index (χ0v) is 18.8. The van der Waals surface area contributed by atoms with Gasteiger partial charge in [-0.1, -0.05) is 0 Å². The van der Waals surface area contributed by atoms with Crippen LogP contribution < -0.4 is 5.32 Å². The molecule has 0 aromatic carbocycles. The van der Waals surface area contributed by atoms with Crippen molar-refractivity contribution < 1.29 is 23.9 Å². The van der Waals surface area contributed by atoms with Crippen molar-refractivity contribution in [3.05, 3.63) is 24.3 Å². The minimum atomic E-state index is -0.827. The Morgan fingerprint density at radius 1 is 1.03 bits per heavy atom. The highest BCUT2D eigenvalue weighted by Crippen LogP contribution is 2.14. The molecule has 0 aliphatic heterocycles. The Labute approximate surface area is 176 Å². The first-order chi connectivity index (χ1) is 13.4. The molecule has 1 aromatic heterocycles. The van der Waals surface area contributed by atoms with E-state index in [2.05, 4.69) is 15.3 Å². The van der Waals surface area contributed by atoms with Crippen LogP contribution >= 0.6 is 11.8 Å². The number of hydrogen-bond acceptors (Lipinski definition) is 8. The quantitative estimate of drug-likeness (QED) is 0.364. The van der Waals surface area contributed by atoms with Crippen molar-refractivity contribution in [1.29, 1.82) is 0 Å². The smallest absolute Gasteiger partial charge is 0.408 e. The first kappa shape index (κ1) is 24.9. The molecule has 0 bridgehead atoms. The zero-order chi connectivity index (χ0) is 22.1. The minimum Gasteiger partial charge on any atom is -0.458 e. The summed E-state index contributed by atoms with van der Waals surface area (Å²) < 4.78 is 10.6. The Hall–Kier alpha value is -2.16. The van der Waals surface area contributed by atoms with Gasteiger partial charge in [0.25, 0.3) is 0 Å². The molecular formula is C20H31N3O5S. The molecule has 29 heavy (non-hydrogen) atoms. The maximum Gasteiger partial charge on any atom is 0.408 e. The molecule has 0 aliphatic rings. The number of alkyl carbamates (subject to hydrolysis) is 1. The lowest BCUT2D eigenvalue weighted by molar-refractivity contribution is -0.157. The summed E-state index contributed by atoms with van der Waals surface area (Å²) in [6.45, 7) is 10.5. The normalized spacial score (nSPS) is 12.8. The molecule has 0 saturated heterocycles. The van der Waals surface area contributed by atoms with E-state index in [4.69, 9.17) is 9.47 Å². The molecular weight excluding hydrogens is 394 g/mol. The third-order valence-corrected chi connectivity index (χ3v) is 4.27. The number of nitrogens with zero attached hydrogens (tertiary/aromatic N) is 2. The van der Waals surface area contributed by atoms with Crippen LogP contribution in [0.4, 0.5) is 4.79 Å². The molecule has 1 unspecified atom stereocenters. The van der Waals surface area contributed by atoms with Gasteiger partial charge in [0.15, 0.2) is 5.78 Å². The van der Waals surface area contributed by atoms with Crippen molar-refractivity contribution in [3.8, 4) is 0 Å². The molecule has 1 atom stereocenters. The largest absolute Gasteiger partial charge is 0.458 e. The predicted molar refractivity (Wildman–Crippen MR) is 112 cm³/mol. The van der Waals surface area contributed by atoms with Crippen LogP contribution in [0.15, 0.2) is 18.6 Å². The van der Waals surface area contributed by atoms with Crippen molar-refractivity contribution in [2.45, 2.75) is 71.6 Å². The number of aromatic nitrogens is 2. The summed E-state index contributed by atoms with van der Waals surface area (Å²) in [5.41, 5.74) is -0.995. The molecule has 0 aliphatic carbocycles. The Morgan fingerprint density at radius 2 is 1.69 bits per heavy atom. The van der Waals surface area contributed by atoms with Crippen molar-refractivity contribution in [2.24, 2.45) is 0 Å². The van der Waals surface area contributed by atoms with Gasteiger partial charge in [-0.15, -0.1) is 0 Å². The second-order valence-electron chi connectivity index (χ2n) is 8.40. The Morgan fingerprint density at radius 3 is 2.24 bits per heavy atom. The molecule has 8 nitrogen and oxygen atoms in total. The summed E-state index contributed by atoms with van der Waals surface area (Å²) in [4.78, 5) is 44.4. The predicted octanol–water partition coefficient (Wildman–Crippen LogP) is 3.41. The van der Waals surface area contributed by atoms with Gasteiger partial charge < -0.3 is 14.8 Å². The number of Topliss-reactive ketones (excluding diaryl/α,β-unsaturated/α-hetero) is 1. The summed E-state index contributed by atoms with van der Waals surface area (Å²) in [5, 5.41) is 2.59. The Kier molecular flexibility index (Phi) is 9.55. The van der Waals surface area contributed by atoms with Crippen LogP contribution in [-0.2, 0) is 14.3 Å². The second-order valence-corrected chi connectivity index (χ2v) is 9.62. The number of ketones is 1. The van der Waals surface area contributed by atoms with Crippen molar-refractivity contribution >= 4 is 29.6 Å². The molecule has 1 aromatic rings. The van der Waals surface area contributed by atoms with E-state index >= 15 is 0 Å². The molecule has 1 amide bonds. The van der Waals surface area contributed by atoms with Crippen molar-refractivity contribution in [3.63, 3.8) is 0 Å². The summed E-state index contributed by atoms with van der Waals surface area (Å²) >= 11 is 1.51. The van der Waals surface area contributed by atoms with Crippen LogP contribution in [0.1, 0.15) is 64.9 Å². The maximum absolute atomic E-state index is 12.4. The Bertz CT molecular complexity index is 684. The number of carbonyl (C=O) groups excluding carboxylic acids is 3. The molecule has 0 fully saturated rings. The fourth-order valence-corrected chi connectivity index (χ4v) is 3.05.